The lowest BCUT2D eigenvalue weighted by atomic mass is 10.1. The van der Waals surface area contributed by atoms with Crippen molar-refractivity contribution in [2.24, 2.45) is 0 Å². The first-order valence-electron chi connectivity index (χ1n) is 8.66. The molecule has 0 aliphatic carbocycles. The monoisotopic (exact) mass is 335 g/mol. The highest BCUT2D eigenvalue weighted by Crippen LogP contribution is 2.26. The molecule has 1 saturated heterocycles. The zero-order chi connectivity index (χ0) is 17.3. The first kappa shape index (κ1) is 17.5. The predicted octanol–water partition coefficient (Wildman–Crippen LogP) is 3.52. The molecule has 4 nitrogen and oxygen atoms in total. The van der Waals surface area contributed by atoms with E-state index in [4.69, 9.17) is 9.47 Å². The molecule has 129 valence electrons. The molecule has 0 spiro atoms. The fourth-order valence-electron chi connectivity index (χ4n) is 2.67. The van der Waals surface area contributed by atoms with Crippen molar-refractivity contribution in [2.75, 3.05) is 32.8 Å². The fourth-order valence-corrected chi connectivity index (χ4v) is 2.67. The topological polar surface area (TPSA) is 34.6 Å². The second-order valence-corrected chi connectivity index (χ2v) is 5.82. The molecule has 25 heavy (non-hydrogen) atoms. The molecule has 1 aliphatic heterocycles. The molecule has 0 atom stereocenters. The van der Waals surface area contributed by atoms with Crippen LogP contribution in [0.3, 0.4) is 0 Å². The van der Waals surface area contributed by atoms with Gasteiger partial charge in [0.05, 0.1) is 13.2 Å². The van der Waals surface area contributed by atoms with Gasteiger partial charge in [0.15, 0.2) is 0 Å². The summed E-state index contributed by atoms with van der Waals surface area (Å²) in [5.74, 6) is 7.91. The van der Waals surface area contributed by atoms with Crippen molar-refractivity contribution in [1.82, 2.24) is 9.88 Å². The number of morpholine rings is 1. The van der Waals surface area contributed by atoms with Crippen LogP contribution in [0.2, 0.25) is 0 Å². The van der Waals surface area contributed by atoms with E-state index in [9.17, 15) is 0 Å². The normalized spacial score (nSPS) is 14.6. The Labute approximate surface area is 149 Å². The number of pyridine rings is 1. The van der Waals surface area contributed by atoms with Crippen LogP contribution in [0.1, 0.15) is 24.5 Å². The molecule has 0 N–H and O–H groups in total. The summed E-state index contributed by atoms with van der Waals surface area (Å²) in [7, 11) is 0. The Balaban J connectivity index is 1.60. The van der Waals surface area contributed by atoms with Crippen molar-refractivity contribution in [3.05, 3.63) is 60.1 Å². The Morgan fingerprint density at radius 2 is 2.12 bits per heavy atom. The van der Waals surface area contributed by atoms with Gasteiger partial charge in [-0.1, -0.05) is 24.8 Å². The van der Waals surface area contributed by atoms with Crippen LogP contribution in [0.25, 0.3) is 0 Å². The average molecular weight is 335 g/mol. The van der Waals surface area contributed by atoms with Gasteiger partial charge in [0.25, 0.3) is 0 Å². The van der Waals surface area contributed by atoms with Gasteiger partial charge in [-0.25, -0.2) is 4.98 Å². The summed E-state index contributed by atoms with van der Waals surface area (Å²) < 4.78 is 11.2. The zero-order valence-corrected chi connectivity index (χ0v) is 14.6. The molecule has 3 rings (SSSR count). The molecule has 0 unspecified atom stereocenters. The quantitative estimate of drug-likeness (QED) is 0.783. The number of hydrogen-bond acceptors (Lipinski definition) is 4. The molecule has 1 aromatic heterocycles. The summed E-state index contributed by atoms with van der Waals surface area (Å²) >= 11 is 0. The van der Waals surface area contributed by atoms with Crippen LogP contribution in [-0.4, -0.2) is 42.7 Å². The Hall–Kier alpha value is -2.35. The average Bonchev–Trinajstić information content (AvgIpc) is 2.68. The second kappa shape index (κ2) is 9.22. The first-order chi connectivity index (χ1) is 12.3. The highest BCUT2D eigenvalue weighted by molar-refractivity contribution is 5.48. The van der Waals surface area contributed by atoms with E-state index in [-0.39, 0.29) is 0 Å². The van der Waals surface area contributed by atoms with Gasteiger partial charge in [0, 0.05) is 43.9 Å². The minimum absolute atomic E-state index is 0.593. The van der Waals surface area contributed by atoms with Crippen LogP contribution in [-0.2, 0) is 4.74 Å². The summed E-state index contributed by atoms with van der Waals surface area (Å²) in [4.78, 5) is 6.60. The highest BCUT2D eigenvalue weighted by atomic mass is 16.5. The van der Waals surface area contributed by atoms with Gasteiger partial charge in [-0.05, 0) is 36.2 Å². The maximum absolute atomic E-state index is 5.85. The van der Waals surface area contributed by atoms with Gasteiger partial charge < -0.3 is 9.47 Å². The second-order valence-electron chi connectivity index (χ2n) is 5.82. The van der Waals surface area contributed by atoms with Crippen molar-refractivity contribution in [3.63, 3.8) is 0 Å². The highest BCUT2D eigenvalue weighted by Gasteiger charge is 2.08. The third-order valence-corrected chi connectivity index (χ3v) is 4.06. The molecule has 1 fully saturated rings. The minimum Gasteiger partial charge on any atom is -0.439 e. The lowest BCUT2D eigenvalue weighted by Gasteiger charge is -2.25. The molecular formula is C21H23N2O2. The molecule has 1 aliphatic rings. The van der Waals surface area contributed by atoms with Crippen LogP contribution < -0.4 is 4.74 Å². The standard InChI is InChI=1S/C21H23N2O2/c1-2-19-17-18(7-4-6-12-23-13-15-24-16-14-23)9-10-20(19)25-21-8-3-5-11-22-21/h2-3,5,8-11,17H,6,12-16H2,1H3. The fraction of sp³-hybridized carbons (Fsp3) is 0.333. The van der Waals surface area contributed by atoms with Crippen molar-refractivity contribution in [1.29, 1.82) is 0 Å². The van der Waals surface area contributed by atoms with Crippen molar-refractivity contribution in [3.8, 4) is 23.5 Å². The Morgan fingerprint density at radius 3 is 2.88 bits per heavy atom. The Bertz CT molecular complexity index is 729. The Kier molecular flexibility index (Phi) is 6.44. The first-order valence-corrected chi connectivity index (χ1v) is 8.66. The maximum Gasteiger partial charge on any atom is 0.219 e. The van der Waals surface area contributed by atoms with E-state index >= 15 is 0 Å². The molecule has 2 heterocycles. The number of nitrogens with zero attached hydrogens (tertiary/aromatic N) is 2. The number of ether oxygens (including phenoxy) is 2. The number of benzene rings is 1. The predicted molar refractivity (Wildman–Crippen MR) is 98.6 cm³/mol. The minimum atomic E-state index is 0.593. The van der Waals surface area contributed by atoms with E-state index in [1.807, 2.05) is 43.7 Å². The summed E-state index contributed by atoms with van der Waals surface area (Å²) in [5.41, 5.74) is 2.02. The SMILES string of the molecule is C[CH]c1cc(C#CCCN2CCOCC2)ccc1Oc1ccccn1. The van der Waals surface area contributed by atoms with Crippen LogP contribution >= 0.6 is 0 Å². The molecule has 0 amide bonds. The van der Waals surface area contributed by atoms with Crippen LogP contribution in [0.5, 0.6) is 11.6 Å². The van der Waals surface area contributed by atoms with Crippen molar-refractivity contribution in [2.45, 2.75) is 13.3 Å². The molecule has 1 aromatic carbocycles. The third-order valence-electron chi connectivity index (χ3n) is 4.06. The molecule has 2 aromatic rings. The maximum atomic E-state index is 5.85. The number of aromatic nitrogens is 1. The molecule has 0 bridgehead atoms. The molecular weight excluding hydrogens is 312 g/mol. The molecule has 4 heteroatoms. The van der Waals surface area contributed by atoms with Gasteiger partial charge in [0.1, 0.15) is 5.75 Å². The Morgan fingerprint density at radius 1 is 1.24 bits per heavy atom. The number of rotatable bonds is 5. The van der Waals surface area contributed by atoms with E-state index in [2.05, 4.69) is 27.8 Å². The van der Waals surface area contributed by atoms with Gasteiger partial charge in [0.2, 0.25) is 5.88 Å². The van der Waals surface area contributed by atoms with Crippen LogP contribution in [0, 0.1) is 18.3 Å². The van der Waals surface area contributed by atoms with Crippen molar-refractivity contribution < 1.29 is 9.47 Å². The summed E-state index contributed by atoms with van der Waals surface area (Å²) in [5, 5.41) is 0. The zero-order valence-electron chi connectivity index (χ0n) is 14.6. The van der Waals surface area contributed by atoms with E-state index in [0.29, 0.717) is 5.88 Å². The van der Waals surface area contributed by atoms with Gasteiger partial charge in [-0.2, -0.15) is 0 Å². The van der Waals surface area contributed by atoms with E-state index < -0.39 is 0 Å². The van der Waals surface area contributed by atoms with Crippen LogP contribution in [0.4, 0.5) is 0 Å². The van der Waals surface area contributed by atoms with E-state index in [1.165, 1.54) is 0 Å². The third kappa shape index (κ3) is 5.32. The van der Waals surface area contributed by atoms with Gasteiger partial charge in [-0.15, -0.1) is 0 Å². The lowest BCUT2D eigenvalue weighted by molar-refractivity contribution is 0.0390. The smallest absolute Gasteiger partial charge is 0.219 e. The summed E-state index contributed by atoms with van der Waals surface area (Å²) in [6.07, 6.45) is 4.62. The van der Waals surface area contributed by atoms with Crippen molar-refractivity contribution >= 4 is 0 Å². The van der Waals surface area contributed by atoms with Crippen LogP contribution in [0.15, 0.2) is 42.6 Å². The van der Waals surface area contributed by atoms with E-state index in [1.54, 1.807) is 6.20 Å². The number of hydrogen-bond donors (Lipinski definition) is 0. The summed E-state index contributed by atoms with van der Waals surface area (Å²) in [6.45, 7) is 6.69. The largest absolute Gasteiger partial charge is 0.439 e. The molecule has 1 radical (unpaired) electrons. The lowest BCUT2D eigenvalue weighted by Crippen LogP contribution is -2.36. The van der Waals surface area contributed by atoms with E-state index in [0.717, 1.165) is 56.1 Å². The van der Waals surface area contributed by atoms with Gasteiger partial charge in [-0.3, -0.25) is 4.90 Å². The summed E-state index contributed by atoms with van der Waals surface area (Å²) in [6, 6.07) is 11.6. The van der Waals surface area contributed by atoms with Gasteiger partial charge >= 0.3 is 0 Å². The molecule has 0 saturated carbocycles.